The summed E-state index contributed by atoms with van der Waals surface area (Å²) in [4.78, 5) is 12.7. The average Bonchev–Trinajstić information content (AvgIpc) is 2.68. The van der Waals surface area contributed by atoms with E-state index >= 15 is 0 Å². The fraction of sp³-hybridized carbons (Fsp3) is 0.174. The van der Waals surface area contributed by atoms with Crippen LogP contribution in [0, 0.1) is 0 Å². The SMILES string of the molecule is CCC[C@@H](C(=O)Nc1ccc(-c2ccccc2)cc1)c1ccccc1. The minimum atomic E-state index is -0.111. The van der Waals surface area contributed by atoms with Gasteiger partial charge in [-0.2, -0.15) is 0 Å². The summed E-state index contributed by atoms with van der Waals surface area (Å²) in [5.74, 6) is -0.0551. The van der Waals surface area contributed by atoms with Gasteiger partial charge in [-0.05, 0) is 35.2 Å². The zero-order valence-electron chi connectivity index (χ0n) is 14.5. The summed E-state index contributed by atoms with van der Waals surface area (Å²) in [6.07, 6.45) is 1.82. The second kappa shape index (κ2) is 8.29. The van der Waals surface area contributed by atoms with Crippen molar-refractivity contribution in [3.8, 4) is 11.1 Å². The number of carbonyl (C=O) groups excluding carboxylic acids is 1. The highest BCUT2D eigenvalue weighted by molar-refractivity contribution is 5.96. The van der Waals surface area contributed by atoms with E-state index in [2.05, 4.69) is 24.4 Å². The van der Waals surface area contributed by atoms with Crippen LogP contribution in [0.15, 0.2) is 84.9 Å². The number of carbonyl (C=O) groups is 1. The van der Waals surface area contributed by atoms with Gasteiger partial charge in [0, 0.05) is 5.69 Å². The molecular weight excluding hydrogens is 306 g/mol. The monoisotopic (exact) mass is 329 g/mol. The van der Waals surface area contributed by atoms with E-state index in [-0.39, 0.29) is 11.8 Å². The molecule has 126 valence electrons. The first-order valence-electron chi connectivity index (χ1n) is 8.79. The molecule has 0 fully saturated rings. The zero-order valence-corrected chi connectivity index (χ0v) is 14.5. The van der Waals surface area contributed by atoms with E-state index in [0.717, 1.165) is 29.7 Å². The van der Waals surface area contributed by atoms with Gasteiger partial charge in [0.2, 0.25) is 5.91 Å². The molecule has 3 aromatic carbocycles. The summed E-state index contributed by atoms with van der Waals surface area (Å²) in [5.41, 5.74) is 4.23. The molecule has 2 heteroatoms. The Morgan fingerprint density at radius 2 is 1.36 bits per heavy atom. The molecule has 2 nitrogen and oxygen atoms in total. The van der Waals surface area contributed by atoms with Crippen molar-refractivity contribution in [1.82, 2.24) is 0 Å². The third-order valence-corrected chi connectivity index (χ3v) is 4.36. The largest absolute Gasteiger partial charge is 0.326 e. The normalized spacial score (nSPS) is 11.7. The van der Waals surface area contributed by atoms with Gasteiger partial charge in [-0.1, -0.05) is 86.1 Å². The predicted octanol–water partition coefficient (Wildman–Crippen LogP) is 5.88. The Morgan fingerprint density at radius 3 is 1.96 bits per heavy atom. The Hall–Kier alpha value is -2.87. The molecule has 0 aliphatic heterocycles. The lowest BCUT2D eigenvalue weighted by atomic mass is 9.93. The summed E-state index contributed by atoms with van der Waals surface area (Å²) < 4.78 is 0. The van der Waals surface area contributed by atoms with Crippen LogP contribution >= 0.6 is 0 Å². The van der Waals surface area contributed by atoms with Crippen molar-refractivity contribution in [3.63, 3.8) is 0 Å². The Balaban J connectivity index is 1.73. The fourth-order valence-electron chi connectivity index (χ4n) is 3.03. The highest BCUT2D eigenvalue weighted by Gasteiger charge is 2.19. The molecule has 1 atom stereocenters. The summed E-state index contributed by atoms with van der Waals surface area (Å²) >= 11 is 0. The smallest absolute Gasteiger partial charge is 0.231 e. The zero-order chi connectivity index (χ0) is 17.5. The molecule has 0 aliphatic carbocycles. The quantitative estimate of drug-likeness (QED) is 0.601. The Morgan fingerprint density at radius 1 is 0.800 bits per heavy atom. The molecule has 1 N–H and O–H groups in total. The third-order valence-electron chi connectivity index (χ3n) is 4.36. The van der Waals surface area contributed by atoms with E-state index in [1.807, 2.05) is 72.8 Å². The van der Waals surface area contributed by atoms with Gasteiger partial charge in [0.05, 0.1) is 5.92 Å². The van der Waals surface area contributed by atoms with Gasteiger partial charge in [-0.25, -0.2) is 0 Å². The number of benzene rings is 3. The van der Waals surface area contributed by atoms with Gasteiger partial charge >= 0.3 is 0 Å². The van der Waals surface area contributed by atoms with Crippen molar-refractivity contribution in [2.45, 2.75) is 25.7 Å². The maximum atomic E-state index is 12.7. The molecule has 0 bridgehead atoms. The summed E-state index contributed by atoms with van der Waals surface area (Å²) in [7, 11) is 0. The maximum absolute atomic E-state index is 12.7. The van der Waals surface area contributed by atoms with E-state index in [9.17, 15) is 4.79 Å². The van der Waals surface area contributed by atoms with Gasteiger partial charge in [-0.3, -0.25) is 4.79 Å². The standard InChI is InChI=1S/C23H23NO/c1-2-9-22(20-12-7-4-8-13-20)23(25)24-21-16-14-19(15-17-21)18-10-5-3-6-11-18/h3-8,10-17,22H,2,9H2,1H3,(H,24,25)/t22-/m1/s1. The number of nitrogens with one attached hydrogen (secondary N) is 1. The lowest BCUT2D eigenvalue weighted by Crippen LogP contribution is -2.21. The number of hydrogen-bond donors (Lipinski definition) is 1. The van der Waals surface area contributed by atoms with E-state index in [0.29, 0.717) is 0 Å². The van der Waals surface area contributed by atoms with Gasteiger partial charge in [0.1, 0.15) is 0 Å². The van der Waals surface area contributed by atoms with Crippen molar-refractivity contribution in [2.75, 3.05) is 5.32 Å². The number of hydrogen-bond acceptors (Lipinski definition) is 1. The second-order valence-corrected chi connectivity index (χ2v) is 6.18. The van der Waals surface area contributed by atoms with Crippen molar-refractivity contribution >= 4 is 11.6 Å². The number of amides is 1. The lowest BCUT2D eigenvalue weighted by molar-refractivity contribution is -0.117. The maximum Gasteiger partial charge on any atom is 0.231 e. The van der Waals surface area contributed by atoms with Crippen LogP contribution in [0.5, 0.6) is 0 Å². The van der Waals surface area contributed by atoms with Crippen LogP contribution in [-0.4, -0.2) is 5.91 Å². The van der Waals surface area contributed by atoms with E-state index < -0.39 is 0 Å². The molecule has 0 radical (unpaired) electrons. The molecule has 0 aromatic heterocycles. The molecule has 3 rings (SSSR count). The molecule has 0 aliphatic rings. The van der Waals surface area contributed by atoms with Crippen LogP contribution in [-0.2, 0) is 4.79 Å². The van der Waals surface area contributed by atoms with E-state index in [1.165, 1.54) is 5.56 Å². The second-order valence-electron chi connectivity index (χ2n) is 6.18. The lowest BCUT2D eigenvalue weighted by Gasteiger charge is -2.17. The highest BCUT2D eigenvalue weighted by Crippen LogP contribution is 2.25. The third kappa shape index (κ3) is 4.36. The minimum absolute atomic E-state index is 0.0560. The van der Waals surface area contributed by atoms with Gasteiger partial charge in [-0.15, -0.1) is 0 Å². The first-order valence-corrected chi connectivity index (χ1v) is 8.79. The topological polar surface area (TPSA) is 29.1 Å². The number of anilines is 1. The van der Waals surface area contributed by atoms with Crippen molar-refractivity contribution < 1.29 is 4.79 Å². The average molecular weight is 329 g/mol. The first-order chi connectivity index (χ1) is 12.3. The summed E-state index contributed by atoms with van der Waals surface area (Å²) in [6, 6.07) is 28.3. The van der Waals surface area contributed by atoms with Gasteiger partial charge in [0.25, 0.3) is 0 Å². The summed E-state index contributed by atoms with van der Waals surface area (Å²) in [5, 5.41) is 3.07. The molecule has 3 aromatic rings. The van der Waals surface area contributed by atoms with Crippen LogP contribution in [0.2, 0.25) is 0 Å². The minimum Gasteiger partial charge on any atom is -0.326 e. The van der Waals surface area contributed by atoms with Crippen molar-refractivity contribution in [2.24, 2.45) is 0 Å². The molecule has 0 unspecified atom stereocenters. The Bertz CT molecular complexity index is 795. The molecule has 25 heavy (non-hydrogen) atoms. The number of rotatable bonds is 6. The van der Waals surface area contributed by atoms with Crippen LogP contribution in [0.25, 0.3) is 11.1 Å². The summed E-state index contributed by atoms with van der Waals surface area (Å²) in [6.45, 7) is 2.11. The van der Waals surface area contributed by atoms with Crippen LogP contribution < -0.4 is 5.32 Å². The molecular formula is C23H23NO. The molecule has 0 saturated heterocycles. The molecule has 0 spiro atoms. The van der Waals surface area contributed by atoms with Gasteiger partial charge < -0.3 is 5.32 Å². The molecule has 0 heterocycles. The van der Waals surface area contributed by atoms with Gasteiger partial charge in [0.15, 0.2) is 0 Å². The fourth-order valence-corrected chi connectivity index (χ4v) is 3.03. The molecule has 1 amide bonds. The Kier molecular flexibility index (Phi) is 5.63. The first kappa shape index (κ1) is 17.0. The van der Waals surface area contributed by atoms with E-state index in [4.69, 9.17) is 0 Å². The molecule has 0 saturated carbocycles. The predicted molar refractivity (Wildman–Crippen MR) is 105 cm³/mol. The van der Waals surface area contributed by atoms with Crippen LogP contribution in [0.1, 0.15) is 31.2 Å². The van der Waals surface area contributed by atoms with Crippen molar-refractivity contribution in [1.29, 1.82) is 0 Å². The van der Waals surface area contributed by atoms with Crippen LogP contribution in [0.4, 0.5) is 5.69 Å². The van der Waals surface area contributed by atoms with Crippen LogP contribution in [0.3, 0.4) is 0 Å². The Labute approximate surface area is 149 Å². The van der Waals surface area contributed by atoms with E-state index in [1.54, 1.807) is 0 Å². The van der Waals surface area contributed by atoms with Crippen molar-refractivity contribution in [3.05, 3.63) is 90.5 Å². The highest BCUT2D eigenvalue weighted by atomic mass is 16.1.